The van der Waals surface area contributed by atoms with Crippen molar-refractivity contribution < 1.29 is 9.53 Å². The Labute approximate surface area is 112 Å². The molecule has 1 aromatic carbocycles. The van der Waals surface area contributed by atoms with Crippen molar-refractivity contribution in [2.45, 2.75) is 19.3 Å². The average molecular weight is 258 g/mol. The normalized spacial score (nSPS) is 15.7. The Bertz CT molecular complexity index is 597. The largest absolute Gasteiger partial charge is 0.497 e. The van der Waals surface area contributed by atoms with Crippen LogP contribution < -0.4 is 4.74 Å². The summed E-state index contributed by atoms with van der Waals surface area (Å²) in [5.74, 6) is 0.915. The van der Waals surface area contributed by atoms with Gasteiger partial charge in [0.15, 0.2) is 0 Å². The molecule has 0 radical (unpaired) electrons. The van der Waals surface area contributed by atoms with E-state index in [1.807, 2.05) is 29.2 Å². The van der Waals surface area contributed by atoms with Crippen LogP contribution in [0.3, 0.4) is 0 Å². The maximum absolute atomic E-state index is 12.4. The van der Waals surface area contributed by atoms with E-state index in [1.54, 1.807) is 7.11 Å². The molecule has 0 aliphatic carbocycles. The van der Waals surface area contributed by atoms with Crippen molar-refractivity contribution in [3.63, 3.8) is 0 Å². The Morgan fingerprint density at radius 3 is 2.74 bits per heavy atom. The first-order chi connectivity index (χ1) is 9.28. The molecule has 1 saturated heterocycles. The summed E-state index contributed by atoms with van der Waals surface area (Å²) in [5, 5.41) is 1.01. The Balaban J connectivity index is 1.89. The van der Waals surface area contributed by atoms with Crippen LogP contribution in [-0.4, -0.2) is 36.0 Å². The number of benzene rings is 1. The highest BCUT2D eigenvalue weighted by Gasteiger charge is 2.19. The fraction of sp³-hybridized carbons (Fsp3) is 0.400. The molecule has 0 unspecified atom stereocenters. The van der Waals surface area contributed by atoms with E-state index >= 15 is 0 Å². The molecule has 0 atom stereocenters. The second-order valence-electron chi connectivity index (χ2n) is 4.99. The summed E-state index contributed by atoms with van der Waals surface area (Å²) in [6.45, 7) is 1.75. The van der Waals surface area contributed by atoms with Crippen LogP contribution in [0.5, 0.6) is 5.75 Å². The van der Waals surface area contributed by atoms with Crippen LogP contribution in [0.4, 0.5) is 0 Å². The second-order valence-corrected chi connectivity index (χ2v) is 4.99. The molecule has 2 aromatic rings. The number of aromatic amines is 1. The molecule has 1 fully saturated rings. The van der Waals surface area contributed by atoms with Crippen molar-refractivity contribution >= 4 is 16.8 Å². The van der Waals surface area contributed by atoms with E-state index in [-0.39, 0.29) is 5.91 Å². The van der Waals surface area contributed by atoms with Crippen molar-refractivity contribution in [3.8, 4) is 5.75 Å². The number of fused-ring (bicyclic) bond motifs is 1. The number of rotatable bonds is 2. The summed E-state index contributed by atoms with van der Waals surface area (Å²) in [5.41, 5.74) is 1.64. The van der Waals surface area contributed by atoms with Gasteiger partial charge >= 0.3 is 0 Å². The van der Waals surface area contributed by atoms with Crippen LogP contribution >= 0.6 is 0 Å². The molecule has 1 aliphatic rings. The molecule has 1 aromatic heterocycles. The minimum Gasteiger partial charge on any atom is -0.497 e. The molecular formula is C15H18N2O2. The molecular weight excluding hydrogens is 240 g/mol. The van der Waals surface area contributed by atoms with Crippen molar-refractivity contribution in [2.24, 2.45) is 0 Å². The number of carbonyl (C=O) groups excluding carboxylic acids is 1. The van der Waals surface area contributed by atoms with E-state index in [1.165, 1.54) is 6.42 Å². The third-order valence-corrected chi connectivity index (χ3v) is 3.70. The van der Waals surface area contributed by atoms with Gasteiger partial charge in [-0.05, 0) is 43.5 Å². The van der Waals surface area contributed by atoms with Gasteiger partial charge in [-0.2, -0.15) is 0 Å². The quantitative estimate of drug-likeness (QED) is 0.900. The number of carbonyl (C=O) groups is 1. The Morgan fingerprint density at radius 2 is 2.00 bits per heavy atom. The molecule has 1 amide bonds. The van der Waals surface area contributed by atoms with Gasteiger partial charge < -0.3 is 14.6 Å². The average Bonchev–Trinajstić information content (AvgIpc) is 2.90. The van der Waals surface area contributed by atoms with Gasteiger partial charge in [-0.1, -0.05) is 0 Å². The van der Waals surface area contributed by atoms with Gasteiger partial charge in [0.05, 0.1) is 7.11 Å². The van der Waals surface area contributed by atoms with Crippen LogP contribution in [0.2, 0.25) is 0 Å². The van der Waals surface area contributed by atoms with E-state index in [0.29, 0.717) is 5.69 Å². The number of hydrogen-bond acceptors (Lipinski definition) is 2. The molecule has 100 valence electrons. The lowest BCUT2D eigenvalue weighted by Crippen LogP contribution is -2.35. The molecule has 3 rings (SSSR count). The Kier molecular flexibility index (Phi) is 3.15. The zero-order valence-corrected chi connectivity index (χ0v) is 11.1. The van der Waals surface area contributed by atoms with Gasteiger partial charge in [0.25, 0.3) is 5.91 Å². The predicted octanol–water partition coefficient (Wildman–Crippen LogP) is 2.80. The topological polar surface area (TPSA) is 45.3 Å². The van der Waals surface area contributed by atoms with Crippen LogP contribution in [-0.2, 0) is 0 Å². The Morgan fingerprint density at radius 1 is 1.21 bits per heavy atom. The number of H-pyrrole nitrogens is 1. The van der Waals surface area contributed by atoms with Gasteiger partial charge in [0, 0.05) is 24.0 Å². The lowest BCUT2D eigenvalue weighted by Gasteiger charge is -2.26. The zero-order chi connectivity index (χ0) is 13.2. The first-order valence-electron chi connectivity index (χ1n) is 6.74. The second kappa shape index (κ2) is 4.96. The zero-order valence-electron chi connectivity index (χ0n) is 11.1. The minimum absolute atomic E-state index is 0.106. The van der Waals surface area contributed by atoms with E-state index < -0.39 is 0 Å². The highest BCUT2D eigenvalue weighted by Crippen LogP contribution is 2.22. The van der Waals surface area contributed by atoms with Crippen LogP contribution in [0, 0.1) is 0 Å². The number of hydrogen-bond donors (Lipinski definition) is 1. The molecule has 0 bridgehead atoms. The van der Waals surface area contributed by atoms with E-state index in [2.05, 4.69) is 4.98 Å². The number of aromatic nitrogens is 1. The maximum Gasteiger partial charge on any atom is 0.270 e. The van der Waals surface area contributed by atoms with Crippen LogP contribution in [0.25, 0.3) is 10.9 Å². The summed E-state index contributed by atoms with van der Waals surface area (Å²) in [6.07, 6.45) is 3.45. The smallest absolute Gasteiger partial charge is 0.270 e. The summed E-state index contributed by atoms with van der Waals surface area (Å²) < 4.78 is 5.20. The fourth-order valence-corrected chi connectivity index (χ4v) is 2.62. The third kappa shape index (κ3) is 2.30. The van der Waals surface area contributed by atoms with Crippen molar-refractivity contribution in [2.75, 3.05) is 20.2 Å². The first kappa shape index (κ1) is 12.1. The molecule has 4 nitrogen and oxygen atoms in total. The van der Waals surface area contributed by atoms with E-state index in [4.69, 9.17) is 4.74 Å². The maximum atomic E-state index is 12.4. The van der Waals surface area contributed by atoms with Crippen LogP contribution in [0.1, 0.15) is 29.8 Å². The molecule has 4 heteroatoms. The predicted molar refractivity (Wildman–Crippen MR) is 74.6 cm³/mol. The van der Waals surface area contributed by atoms with Gasteiger partial charge in [0.2, 0.25) is 0 Å². The highest BCUT2D eigenvalue weighted by atomic mass is 16.5. The molecule has 0 saturated carbocycles. The lowest BCUT2D eigenvalue weighted by atomic mass is 10.1. The number of piperidine rings is 1. The van der Waals surface area contributed by atoms with E-state index in [9.17, 15) is 4.79 Å². The van der Waals surface area contributed by atoms with Gasteiger partial charge in [-0.15, -0.1) is 0 Å². The highest BCUT2D eigenvalue weighted by molar-refractivity contribution is 5.98. The summed E-state index contributed by atoms with van der Waals surface area (Å²) in [7, 11) is 1.65. The number of nitrogens with one attached hydrogen (secondary N) is 1. The number of nitrogens with zero attached hydrogens (tertiary/aromatic N) is 1. The van der Waals surface area contributed by atoms with Gasteiger partial charge in [0.1, 0.15) is 11.4 Å². The lowest BCUT2D eigenvalue weighted by molar-refractivity contribution is 0.0719. The minimum atomic E-state index is 0.106. The molecule has 2 heterocycles. The molecule has 1 aliphatic heterocycles. The standard InChI is InChI=1S/C15H18N2O2/c1-19-12-5-6-13-11(9-12)10-14(16-13)15(18)17-7-3-2-4-8-17/h5-6,9-10,16H,2-4,7-8H2,1H3. The SMILES string of the molecule is COc1ccc2[nH]c(C(=O)N3CCCCC3)cc2c1. The van der Waals surface area contributed by atoms with Crippen molar-refractivity contribution in [1.29, 1.82) is 0 Å². The van der Waals surface area contributed by atoms with Gasteiger partial charge in [-0.25, -0.2) is 0 Å². The molecule has 1 N–H and O–H groups in total. The van der Waals surface area contributed by atoms with Crippen molar-refractivity contribution in [1.82, 2.24) is 9.88 Å². The summed E-state index contributed by atoms with van der Waals surface area (Å²) in [4.78, 5) is 17.5. The fourth-order valence-electron chi connectivity index (χ4n) is 2.62. The molecule has 0 spiro atoms. The number of amides is 1. The summed E-state index contributed by atoms with van der Waals surface area (Å²) >= 11 is 0. The van der Waals surface area contributed by atoms with Gasteiger partial charge in [-0.3, -0.25) is 4.79 Å². The molecule has 19 heavy (non-hydrogen) atoms. The Hall–Kier alpha value is -1.97. The van der Waals surface area contributed by atoms with Crippen molar-refractivity contribution in [3.05, 3.63) is 30.0 Å². The monoisotopic (exact) mass is 258 g/mol. The third-order valence-electron chi connectivity index (χ3n) is 3.70. The first-order valence-corrected chi connectivity index (χ1v) is 6.74. The number of ether oxygens (including phenoxy) is 1. The van der Waals surface area contributed by atoms with Crippen LogP contribution in [0.15, 0.2) is 24.3 Å². The number of methoxy groups -OCH3 is 1. The number of likely N-dealkylation sites (tertiary alicyclic amines) is 1. The van der Waals surface area contributed by atoms with E-state index in [0.717, 1.165) is 42.6 Å². The summed E-state index contributed by atoms with van der Waals surface area (Å²) in [6, 6.07) is 7.70.